The summed E-state index contributed by atoms with van der Waals surface area (Å²) in [7, 11) is 0. The lowest BCUT2D eigenvalue weighted by Gasteiger charge is -2.43. The largest absolute Gasteiger partial charge is 0.423 e. The maximum atomic E-state index is 11.6. The second kappa shape index (κ2) is 5.93. The molecule has 0 aromatic carbocycles. The van der Waals surface area contributed by atoms with Crippen LogP contribution in [0.3, 0.4) is 0 Å². The molecule has 1 rings (SSSR count). The number of carbonyl (C=O) groups is 2. The number of hydrogen-bond acceptors (Lipinski definition) is 4. The predicted octanol–water partition coefficient (Wildman–Crippen LogP) is 3.44. The van der Waals surface area contributed by atoms with E-state index in [-0.39, 0.29) is 23.7 Å². The van der Waals surface area contributed by atoms with Gasteiger partial charge in [0.25, 0.3) is 5.79 Å². The molecule has 0 heterocycles. The molecule has 1 saturated carbocycles. The summed E-state index contributed by atoms with van der Waals surface area (Å²) in [5, 5.41) is 0. The molecular formula is C15H26O4. The molecule has 0 amide bonds. The molecule has 0 spiro atoms. The van der Waals surface area contributed by atoms with Crippen LogP contribution < -0.4 is 0 Å². The Morgan fingerprint density at radius 2 is 1.95 bits per heavy atom. The fourth-order valence-corrected chi connectivity index (χ4v) is 2.92. The van der Waals surface area contributed by atoms with Crippen LogP contribution in [-0.2, 0) is 19.1 Å². The molecule has 0 bridgehead atoms. The van der Waals surface area contributed by atoms with Crippen molar-refractivity contribution in [2.45, 2.75) is 72.5 Å². The molecule has 0 aliphatic heterocycles. The highest BCUT2D eigenvalue weighted by Crippen LogP contribution is 2.44. The van der Waals surface area contributed by atoms with Crippen molar-refractivity contribution in [3.63, 3.8) is 0 Å². The summed E-state index contributed by atoms with van der Waals surface area (Å²) in [6.45, 7) is 9.21. The van der Waals surface area contributed by atoms with Crippen molar-refractivity contribution in [2.24, 2.45) is 11.3 Å². The highest BCUT2D eigenvalue weighted by atomic mass is 16.7. The smallest absolute Gasteiger partial charge is 0.308 e. The molecule has 0 aromatic rings. The number of esters is 2. The van der Waals surface area contributed by atoms with Gasteiger partial charge in [-0.3, -0.25) is 9.59 Å². The van der Waals surface area contributed by atoms with Gasteiger partial charge >= 0.3 is 11.9 Å². The van der Waals surface area contributed by atoms with Crippen molar-refractivity contribution in [1.29, 1.82) is 0 Å². The van der Waals surface area contributed by atoms with Gasteiger partial charge in [0, 0.05) is 26.2 Å². The molecule has 1 fully saturated rings. The predicted molar refractivity (Wildman–Crippen MR) is 72.3 cm³/mol. The molecule has 0 radical (unpaired) electrons. The van der Waals surface area contributed by atoms with Crippen molar-refractivity contribution in [2.75, 3.05) is 0 Å². The van der Waals surface area contributed by atoms with Gasteiger partial charge in [0.1, 0.15) is 0 Å². The molecule has 0 saturated heterocycles. The fraction of sp³-hybridized carbons (Fsp3) is 0.867. The topological polar surface area (TPSA) is 52.6 Å². The third-order valence-corrected chi connectivity index (χ3v) is 3.90. The number of ether oxygens (including phenoxy) is 2. The third kappa shape index (κ3) is 4.51. The van der Waals surface area contributed by atoms with Gasteiger partial charge in [-0.25, -0.2) is 0 Å². The van der Waals surface area contributed by atoms with Gasteiger partial charge in [0.15, 0.2) is 0 Å². The molecular weight excluding hydrogens is 244 g/mol. The molecule has 1 aliphatic rings. The second-order valence-corrected chi connectivity index (χ2v) is 6.39. The highest BCUT2D eigenvalue weighted by Gasteiger charge is 2.45. The van der Waals surface area contributed by atoms with Crippen LogP contribution in [0.4, 0.5) is 0 Å². The Labute approximate surface area is 115 Å². The molecule has 2 atom stereocenters. The van der Waals surface area contributed by atoms with E-state index in [1.165, 1.54) is 6.92 Å². The highest BCUT2D eigenvalue weighted by molar-refractivity contribution is 5.70. The first-order valence-corrected chi connectivity index (χ1v) is 7.10. The first-order valence-electron chi connectivity index (χ1n) is 7.10. The summed E-state index contributed by atoms with van der Waals surface area (Å²) in [6, 6.07) is 0. The first-order chi connectivity index (χ1) is 8.68. The zero-order valence-electron chi connectivity index (χ0n) is 12.7. The van der Waals surface area contributed by atoms with Gasteiger partial charge in [-0.2, -0.15) is 0 Å². The normalized spacial score (nSPS) is 25.2. The van der Waals surface area contributed by atoms with Gasteiger partial charge in [-0.1, -0.05) is 27.2 Å². The van der Waals surface area contributed by atoms with E-state index in [2.05, 4.69) is 13.8 Å². The lowest BCUT2D eigenvalue weighted by molar-refractivity contribution is -0.246. The number of hydrogen-bond donors (Lipinski definition) is 0. The summed E-state index contributed by atoms with van der Waals surface area (Å²) < 4.78 is 10.8. The van der Waals surface area contributed by atoms with E-state index in [1.54, 1.807) is 13.8 Å². The van der Waals surface area contributed by atoms with Crippen LogP contribution in [0.25, 0.3) is 0 Å². The summed E-state index contributed by atoms with van der Waals surface area (Å²) in [6.07, 6.45) is 4.32. The number of rotatable bonds is 4. The maximum Gasteiger partial charge on any atom is 0.308 e. The standard InChI is InChI=1S/C15H26O4/c1-6-13(17)19-15(5,18-11(2)16)12-8-7-9-14(3,4)10-12/h12H,6-10H2,1-5H3. The van der Waals surface area contributed by atoms with E-state index in [0.29, 0.717) is 0 Å². The lowest BCUT2D eigenvalue weighted by Crippen LogP contribution is -2.46. The van der Waals surface area contributed by atoms with Crippen molar-refractivity contribution >= 4 is 11.9 Å². The summed E-state index contributed by atoms with van der Waals surface area (Å²) in [5.74, 6) is -1.80. The minimum Gasteiger partial charge on any atom is -0.423 e. The van der Waals surface area contributed by atoms with Crippen LogP contribution in [0.5, 0.6) is 0 Å². The van der Waals surface area contributed by atoms with Crippen LogP contribution in [0, 0.1) is 11.3 Å². The van der Waals surface area contributed by atoms with E-state index >= 15 is 0 Å². The van der Waals surface area contributed by atoms with Gasteiger partial charge in [-0.15, -0.1) is 0 Å². The van der Waals surface area contributed by atoms with Crippen LogP contribution in [0.15, 0.2) is 0 Å². The van der Waals surface area contributed by atoms with Gasteiger partial charge in [-0.05, 0) is 24.7 Å². The monoisotopic (exact) mass is 270 g/mol. The molecule has 4 nitrogen and oxygen atoms in total. The maximum absolute atomic E-state index is 11.6. The Morgan fingerprint density at radius 3 is 2.42 bits per heavy atom. The van der Waals surface area contributed by atoms with E-state index in [4.69, 9.17) is 9.47 Å². The fourth-order valence-electron chi connectivity index (χ4n) is 2.92. The Morgan fingerprint density at radius 1 is 1.32 bits per heavy atom. The van der Waals surface area contributed by atoms with Crippen molar-refractivity contribution in [3.8, 4) is 0 Å². The summed E-state index contributed by atoms with van der Waals surface area (Å²) >= 11 is 0. The molecule has 0 N–H and O–H groups in total. The molecule has 110 valence electrons. The third-order valence-electron chi connectivity index (χ3n) is 3.90. The Kier molecular flexibility index (Phi) is 4.99. The Hall–Kier alpha value is -1.06. The van der Waals surface area contributed by atoms with Gasteiger partial charge in [0.05, 0.1) is 0 Å². The minimum absolute atomic E-state index is 0.0654. The SMILES string of the molecule is CCC(=O)OC(C)(OC(C)=O)C1CCCC(C)(C)C1. The van der Waals surface area contributed by atoms with Crippen LogP contribution in [-0.4, -0.2) is 17.7 Å². The lowest BCUT2D eigenvalue weighted by atomic mass is 9.70. The Balaban J connectivity index is 2.88. The quantitative estimate of drug-likeness (QED) is 0.580. The number of carbonyl (C=O) groups excluding carboxylic acids is 2. The average Bonchev–Trinajstić information content (AvgIpc) is 2.26. The van der Waals surface area contributed by atoms with E-state index < -0.39 is 11.8 Å². The van der Waals surface area contributed by atoms with Gasteiger partial charge < -0.3 is 9.47 Å². The Bertz CT molecular complexity index is 348. The zero-order valence-corrected chi connectivity index (χ0v) is 12.7. The molecule has 0 aromatic heterocycles. The van der Waals surface area contributed by atoms with Crippen molar-refractivity contribution in [1.82, 2.24) is 0 Å². The zero-order chi connectivity index (χ0) is 14.7. The summed E-state index contributed by atoms with van der Waals surface area (Å²) in [4.78, 5) is 22.9. The molecule has 19 heavy (non-hydrogen) atoms. The van der Waals surface area contributed by atoms with Crippen molar-refractivity contribution < 1.29 is 19.1 Å². The molecule has 4 heteroatoms. The average molecular weight is 270 g/mol. The van der Waals surface area contributed by atoms with E-state index in [1.807, 2.05) is 0 Å². The first kappa shape index (κ1) is 16.0. The van der Waals surface area contributed by atoms with Crippen LogP contribution >= 0.6 is 0 Å². The van der Waals surface area contributed by atoms with E-state index in [0.717, 1.165) is 25.7 Å². The van der Waals surface area contributed by atoms with Crippen LogP contribution in [0.1, 0.15) is 66.7 Å². The van der Waals surface area contributed by atoms with Crippen LogP contribution in [0.2, 0.25) is 0 Å². The summed E-state index contributed by atoms with van der Waals surface area (Å²) in [5.41, 5.74) is 0.197. The molecule has 2 unspecified atom stereocenters. The van der Waals surface area contributed by atoms with Gasteiger partial charge in [0.2, 0.25) is 0 Å². The molecule has 1 aliphatic carbocycles. The van der Waals surface area contributed by atoms with E-state index in [9.17, 15) is 9.59 Å². The minimum atomic E-state index is -1.13. The van der Waals surface area contributed by atoms with Crippen molar-refractivity contribution in [3.05, 3.63) is 0 Å². The second-order valence-electron chi connectivity index (χ2n) is 6.39.